The monoisotopic (exact) mass is 392 g/mol. The number of hydrogen-bond acceptors (Lipinski definition) is 7. The molecule has 0 aliphatic rings. The first-order valence-electron chi connectivity index (χ1n) is 8.46. The van der Waals surface area contributed by atoms with E-state index >= 15 is 0 Å². The Morgan fingerprint density at radius 1 is 1.21 bits per heavy atom. The first-order chi connectivity index (χ1) is 14.0. The topological polar surface area (TPSA) is 127 Å². The molecule has 0 saturated carbocycles. The Bertz CT molecular complexity index is 1050. The minimum absolute atomic E-state index is 0.0531. The molecule has 3 rings (SSSR count). The minimum atomic E-state index is -0.986. The van der Waals surface area contributed by atoms with Crippen molar-refractivity contribution in [2.45, 2.75) is 6.61 Å². The number of ether oxygens (including phenoxy) is 1. The van der Waals surface area contributed by atoms with Gasteiger partial charge in [0.2, 0.25) is 5.82 Å². The molecule has 1 aromatic heterocycles. The molecule has 0 aliphatic heterocycles. The van der Waals surface area contributed by atoms with Crippen LogP contribution in [0.2, 0.25) is 0 Å². The predicted molar refractivity (Wildman–Crippen MR) is 106 cm³/mol. The zero-order valence-corrected chi connectivity index (χ0v) is 15.1. The van der Waals surface area contributed by atoms with Gasteiger partial charge in [-0.3, -0.25) is 15.5 Å². The van der Waals surface area contributed by atoms with Crippen LogP contribution < -0.4 is 10.2 Å². The average molecular weight is 392 g/mol. The Balaban J connectivity index is 1.58. The first-order valence-corrected chi connectivity index (χ1v) is 8.46. The van der Waals surface area contributed by atoms with Crippen LogP contribution in [0.1, 0.15) is 21.5 Å². The second-order valence-corrected chi connectivity index (χ2v) is 5.86. The van der Waals surface area contributed by atoms with Gasteiger partial charge in [-0.1, -0.05) is 12.1 Å². The highest BCUT2D eigenvalue weighted by atomic mass is 16.6. The zero-order valence-electron chi connectivity index (χ0n) is 15.1. The molecule has 0 spiro atoms. The number of nitrogens with zero attached hydrogens (tertiary/aromatic N) is 3. The maximum Gasteiger partial charge on any atom is 0.335 e. The molecule has 9 nitrogen and oxygen atoms in total. The summed E-state index contributed by atoms with van der Waals surface area (Å²) in [5.74, 6) is -0.325. The number of aromatic nitrogens is 1. The molecular weight excluding hydrogens is 376 g/mol. The van der Waals surface area contributed by atoms with Gasteiger partial charge >= 0.3 is 11.7 Å². The van der Waals surface area contributed by atoms with Crippen molar-refractivity contribution in [3.63, 3.8) is 0 Å². The number of aromatic carboxylic acids is 1. The van der Waals surface area contributed by atoms with E-state index in [1.807, 2.05) is 0 Å². The highest BCUT2D eigenvalue weighted by Crippen LogP contribution is 2.20. The molecule has 9 heteroatoms. The highest BCUT2D eigenvalue weighted by molar-refractivity contribution is 5.87. The number of nitrogens with one attached hydrogen (secondary N) is 1. The van der Waals surface area contributed by atoms with Gasteiger partial charge in [-0.05, 0) is 53.6 Å². The van der Waals surface area contributed by atoms with Crippen LogP contribution in [0.5, 0.6) is 5.75 Å². The van der Waals surface area contributed by atoms with Crippen LogP contribution in [0, 0.1) is 10.1 Å². The summed E-state index contributed by atoms with van der Waals surface area (Å²) in [6.45, 7) is 0.236. The van der Waals surface area contributed by atoms with Gasteiger partial charge in [-0.25, -0.2) is 9.78 Å². The lowest BCUT2D eigenvalue weighted by atomic mass is 10.1. The van der Waals surface area contributed by atoms with E-state index in [1.165, 1.54) is 30.6 Å². The number of carboxylic acids is 1. The molecule has 0 fully saturated rings. The van der Waals surface area contributed by atoms with Crippen molar-refractivity contribution in [1.29, 1.82) is 0 Å². The molecule has 146 valence electrons. The van der Waals surface area contributed by atoms with E-state index in [0.29, 0.717) is 5.75 Å². The lowest BCUT2D eigenvalue weighted by Gasteiger charge is -2.07. The number of anilines is 1. The van der Waals surface area contributed by atoms with Gasteiger partial charge in [-0.15, -0.1) is 0 Å². The lowest BCUT2D eigenvalue weighted by Crippen LogP contribution is -2.00. The van der Waals surface area contributed by atoms with Crippen LogP contribution in [-0.2, 0) is 6.61 Å². The number of rotatable bonds is 8. The number of hydrazone groups is 1. The molecule has 0 amide bonds. The molecule has 2 aromatic carbocycles. The molecule has 3 aromatic rings. The molecule has 0 saturated heterocycles. The van der Waals surface area contributed by atoms with Gasteiger partial charge < -0.3 is 9.84 Å². The Morgan fingerprint density at radius 2 is 2.00 bits per heavy atom. The molecule has 0 unspecified atom stereocenters. The van der Waals surface area contributed by atoms with Crippen LogP contribution >= 0.6 is 0 Å². The van der Waals surface area contributed by atoms with Crippen molar-refractivity contribution in [3.8, 4) is 5.75 Å². The highest BCUT2D eigenvalue weighted by Gasteiger charge is 2.12. The first kappa shape index (κ1) is 19.5. The molecule has 2 N–H and O–H groups in total. The van der Waals surface area contributed by atoms with E-state index in [2.05, 4.69) is 15.5 Å². The summed E-state index contributed by atoms with van der Waals surface area (Å²) in [5, 5.41) is 23.9. The second kappa shape index (κ2) is 9.09. The van der Waals surface area contributed by atoms with Crippen molar-refractivity contribution in [3.05, 3.63) is 93.7 Å². The molecule has 1 heterocycles. The molecule has 0 aliphatic carbocycles. The number of hydrogen-bond donors (Lipinski definition) is 2. The molecular formula is C20H16N4O5. The van der Waals surface area contributed by atoms with Gasteiger partial charge in [0.1, 0.15) is 12.4 Å². The van der Waals surface area contributed by atoms with Gasteiger partial charge in [-0.2, -0.15) is 5.10 Å². The molecule has 0 bridgehead atoms. The second-order valence-electron chi connectivity index (χ2n) is 5.86. The average Bonchev–Trinajstić information content (AvgIpc) is 2.73. The van der Waals surface area contributed by atoms with E-state index in [4.69, 9.17) is 9.84 Å². The fraction of sp³-hybridized carbons (Fsp3) is 0.0500. The van der Waals surface area contributed by atoms with E-state index < -0.39 is 10.9 Å². The number of pyridine rings is 1. The third-order valence-corrected chi connectivity index (χ3v) is 3.83. The van der Waals surface area contributed by atoms with Gasteiger partial charge in [0.25, 0.3) is 0 Å². The van der Waals surface area contributed by atoms with Crippen LogP contribution in [0.25, 0.3) is 0 Å². The normalized spacial score (nSPS) is 10.6. The molecule has 0 atom stereocenters. The van der Waals surface area contributed by atoms with Crippen molar-refractivity contribution < 1.29 is 19.6 Å². The number of benzene rings is 2. The maximum atomic E-state index is 11.0. The van der Waals surface area contributed by atoms with Gasteiger partial charge in [0.15, 0.2) is 0 Å². The Hall–Kier alpha value is -4.27. The van der Waals surface area contributed by atoms with Crippen molar-refractivity contribution in [1.82, 2.24) is 4.98 Å². The Labute approximate surface area is 165 Å². The third-order valence-electron chi connectivity index (χ3n) is 3.83. The number of carbonyl (C=O) groups is 1. The minimum Gasteiger partial charge on any atom is -0.489 e. The fourth-order valence-corrected chi connectivity index (χ4v) is 2.41. The lowest BCUT2D eigenvalue weighted by molar-refractivity contribution is -0.384. The van der Waals surface area contributed by atoms with E-state index in [1.54, 1.807) is 42.5 Å². The molecule has 0 radical (unpaired) electrons. The Kier molecular flexibility index (Phi) is 6.11. The van der Waals surface area contributed by atoms with E-state index in [-0.39, 0.29) is 23.7 Å². The van der Waals surface area contributed by atoms with Crippen LogP contribution in [0.4, 0.5) is 11.5 Å². The number of carboxylic acid groups (broad SMARTS) is 1. The SMILES string of the molecule is O=C(O)c1cccc(COc2ccc(/C=N\Nc3ncccc3[N+](=O)[O-])cc2)c1. The predicted octanol–water partition coefficient (Wildman–Crippen LogP) is 3.71. The summed E-state index contributed by atoms with van der Waals surface area (Å²) in [5.41, 5.74) is 4.09. The summed E-state index contributed by atoms with van der Waals surface area (Å²) in [7, 11) is 0. The summed E-state index contributed by atoms with van der Waals surface area (Å²) >= 11 is 0. The van der Waals surface area contributed by atoms with E-state index in [9.17, 15) is 14.9 Å². The third kappa shape index (κ3) is 5.36. The van der Waals surface area contributed by atoms with Crippen molar-refractivity contribution in [2.75, 3.05) is 5.43 Å². The quantitative estimate of drug-likeness (QED) is 0.340. The fourth-order valence-electron chi connectivity index (χ4n) is 2.41. The number of nitro groups is 1. The van der Waals surface area contributed by atoms with E-state index in [0.717, 1.165) is 11.1 Å². The van der Waals surface area contributed by atoms with Gasteiger partial charge in [0.05, 0.1) is 16.7 Å². The largest absolute Gasteiger partial charge is 0.489 e. The van der Waals surface area contributed by atoms with Crippen LogP contribution in [-0.4, -0.2) is 27.2 Å². The van der Waals surface area contributed by atoms with Crippen LogP contribution in [0.3, 0.4) is 0 Å². The van der Waals surface area contributed by atoms with Crippen molar-refractivity contribution in [2.24, 2.45) is 5.10 Å². The maximum absolute atomic E-state index is 11.0. The van der Waals surface area contributed by atoms with Gasteiger partial charge in [0, 0.05) is 12.3 Å². The summed E-state index contributed by atoms with van der Waals surface area (Å²) in [6, 6.07) is 16.4. The zero-order chi connectivity index (χ0) is 20.6. The summed E-state index contributed by atoms with van der Waals surface area (Å²) in [6.07, 6.45) is 2.93. The molecule has 29 heavy (non-hydrogen) atoms. The van der Waals surface area contributed by atoms with Crippen LogP contribution in [0.15, 0.2) is 72.0 Å². The summed E-state index contributed by atoms with van der Waals surface area (Å²) < 4.78 is 5.66. The summed E-state index contributed by atoms with van der Waals surface area (Å²) in [4.78, 5) is 25.3. The smallest absolute Gasteiger partial charge is 0.335 e. The Morgan fingerprint density at radius 3 is 2.72 bits per heavy atom. The van der Waals surface area contributed by atoms with Crippen molar-refractivity contribution >= 4 is 23.7 Å². The standard InChI is InChI=1S/C20H16N4O5/c25-20(26)16-4-1-3-15(11-16)13-29-17-8-6-14(7-9-17)12-22-23-19-18(24(27)28)5-2-10-21-19/h1-12H,13H2,(H,21,23)(H,25,26)/b22-12-.